The van der Waals surface area contributed by atoms with Crippen molar-refractivity contribution in [2.75, 3.05) is 11.9 Å². The van der Waals surface area contributed by atoms with E-state index < -0.39 is 11.9 Å². The van der Waals surface area contributed by atoms with E-state index in [1.807, 2.05) is 57.2 Å². The Morgan fingerprint density at radius 2 is 1.71 bits per heavy atom. The summed E-state index contributed by atoms with van der Waals surface area (Å²) < 4.78 is 5.94. The lowest BCUT2D eigenvalue weighted by Gasteiger charge is -2.16. The molecular formula is C28H28ClNO4. The van der Waals surface area contributed by atoms with E-state index in [1.165, 1.54) is 5.56 Å². The maximum Gasteiger partial charge on any atom is 0.307 e. The van der Waals surface area contributed by atoms with Gasteiger partial charge in [-0.05, 0) is 85.2 Å². The Kier molecular flexibility index (Phi) is 6.94. The SMILES string of the molecule is Cc1cc(Cl)c([C@H]2C[C@H]2C(=O)O)cc1NC(=O)c1c(C)cc(OCCc2ccccc2)cc1C. The number of nitrogens with one attached hydrogen (secondary N) is 1. The summed E-state index contributed by atoms with van der Waals surface area (Å²) in [5.74, 6) is -0.821. The predicted octanol–water partition coefficient (Wildman–Crippen LogP) is 6.33. The first-order chi connectivity index (χ1) is 16.2. The standard InChI is InChI=1S/C28H28ClNO4/c1-16-13-24(29)22(21-14-23(21)28(32)33)15-25(16)30-27(31)26-17(2)11-20(12-18(26)3)34-10-9-19-7-5-4-6-8-19/h4-8,11-13,15,21,23H,9-10,14H2,1-3H3,(H,30,31)(H,32,33)/t21-,23-/m1/s1. The molecule has 0 heterocycles. The molecule has 6 heteroatoms. The number of halogens is 1. The molecule has 5 nitrogen and oxygen atoms in total. The Balaban J connectivity index is 1.47. The van der Waals surface area contributed by atoms with Crippen molar-refractivity contribution in [3.05, 3.63) is 93.0 Å². The number of benzene rings is 3. The molecule has 1 saturated carbocycles. The summed E-state index contributed by atoms with van der Waals surface area (Å²) >= 11 is 6.39. The van der Waals surface area contributed by atoms with E-state index in [9.17, 15) is 14.7 Å². The minimum atomic E-state index is -0.815. The molecule has 3 aromatic rings. The lowest BCUT2D eigenvalue weighted by Crippen LogP contribution is -2.16. The first-order valence-corrected chi connectivity index (χ1v) is 11.7. The molecular weight excluding hydrogens is 450 g/mol. The van der Waals surface area contributed by atoms with Crippen LogP contribution in [-0.4, -0.2) is 23.6 Å². The van der Waals surface area contributed by atoms with E-state index in [0.29, 0.717) is 29.3 Å². The molecule has 2 atom stereocenters. The Bertz CT molecular complexity index is 1220. The third-order valence-corrected chi connectivity index (χ3v) is 6.66. The normalized spacial score (nSPS) is 16.7. The molecule has 3 aromatic carbocycles. The van der Waals surface area contributed by atoms with Gasteiger partial charge in [0.25, 0.3) is 5.91 Å². The number of carboxylic acid groups (broad SMARTS) is 1. The summed E-state index contributed by atoms with van der Waals surface area (Å²) in [5.41, 5.74) is 5.70. The van der Waals surface area contributed by atoms with Crippen molar-refractivity contribution in [1.82, 2.24) is 0 Å². The van der Waals surface area contributed by atoms with Crippen LogP contribution in [0.1, 0.15) is 50.5 Å². The number of aliphatic carboxylic acids is 1. The zero-order valence-corrected chi connectivity index (χ0v) is 20.3. The van der Waals surface area contributed by atoms with Crippen molar-refractivity contribution in [3.63, 3.8) is 0 Å². The van der Waals surface area contributed by atoms with Gasteiger partial charge >= 0.3 is 5.97 Å². The van der Waals surface area contributed by atoms with Gasteiger partial charge in [0.05, 0.1) is 12.5 Å². The number of aryl methyl sites for hydroxylation is 3. The van der Waals surface area contributed by atoms with E-state index >= 15 is 0 Å². The lowest BCUT2D eigenvalue weighted by atomic mass is 10.0. The Morgan fingerprint density at radius 1 is 1.03 bits per heavy atom. The quantitative estimate of drug-likeness (QED) is 0.397. The van der Waals surface area contributed by atoms with Gasteiger partial charge < -0.3 is 15.2 Å². The molecule has 1 fully saturated rings. The molecule has 2 N–H and O–H groups in total. The van der Waals surface area contributed by atoms with Crippen LogP contribution in [0.2, 0.25) is 5.02 Å². The van der Waals surface area contributed by atoms with Crippen LogP contribution in [0.4, 0.5) is 5.69 Å². The Labute approximate surface area is 204 Å². The van der Waals surface area contributed by atoms with Crippen molar-refractivity contribution < 1.29 is 19.4 Å². The van der Waals surface area contributed by atoms with E-state index in [0.717, 1.165) is 34.4 Å². The van der Waals surface area contributed by atoms with E-state index in [2.05, 4.69) is 17.4 Å². The van der Waals surface area contributed by atoms with E-state index in [1.54, 1.807) is 6.07 Å². The molecule has 1 aliphatic carbocycles. The van der Waals surface area contributed by atoms with Gasteiger partial charge in [-0.25, -0.2) is 0 Å². The average molecular weight is 478 g/mol. The molecule has 0 unspecified atom stereocenters. The van der Waals surface area contributed by atoms with Gasteiger partial charge in [-0.3, -0.25) is 9.59 Å². The van der Waals surface area contributed by atoms with Crippen LogP contribution in [0.3, 0.4) is 0 Å². The largest absolute Gasteiger partial charge is 0.493 e. The zero-order chi connectivity index (χ0) is 24.4. The summed E-state index contributed by atoms with van der Waals surface area (Å²) in [7, 11) is 0. The first kappa shape index (κ1) is 23.8. The molecule has 176 valence electrons. The topological polar surface area (TPSA) is 75.6 Å². The highest BCUT2D eigenvalue weighted by molar-refractivity contribution is 6.31. The molecule has 1 amide bonds. The van der Waals surface area contributed by atoms with Crippen molar-refractivity contribution in [2.45, 2.75) is 39.5 Å². The average Bonchev–Trinajstić information content (AvgIpc) is 3.57. The predicted molar refractivity (Wildman–Crippen MR) is 134 cm³/mol. The number of carbonyl (C=O) groups excluding carboxylic acids is 1. The van der Waals surface area contributed by atoms with Crippen LogP contribution in [0.5, 0.6) is 5.75 Å². The second-order valence-electron chi connectivity index (χ2n) is 8.95. The molecule has 4 rings (SSSR count). The fourth-order valence-corrected chi connectivity index (χ4v) is 4.76. The maximum atomic E-state index is 13.2. The molecule has 0 aromatic heterocycles. The Morgan fingerprint density at radius 3 is 2.32 bits per heavy atom. The fraction of sp³-hybridized carbons (Fsp3) is 0.286. The highest BCUT2D eigenvalue weighted by Gasteiger charge is 2.45. The van der Waals surface area contributed by atoms with E-state index in [-0.39, 0.29) is 11.8 Å². The van der Waals surface area contributed by atoms with Gasteiger partial charge in [0.15, 0.2) is 0 Å². The number of anilines is 1. The number of hydrogen-bond donors (Lipinski definition) is 2. The first-order valence-electron chi connectivity index (χ1n) is 11.4. The van der Waals surface area contributed by atoms with Gasteiger partial charge in [-0.15, -0.1) is 0 Å². The highest BCUT2D eigenvalue weighted by atomic mass is 35.5. The van der Waals surface area contributed by atoms with E-state index in [4.69, 9.17) is 16.3 Å². The third kappa shape index (κ3) is 5.26. The summed E-state index contributed by atoms with van der Waals surface area (Å²) in [5, 5.41) is 12.8. The minimum absolute atomic E-state index is 0.114. The molecule has 0 bridgehead atoms. The van der Waals surface area contributed by atoms with Gasteiger partial charge in [-0.2, -0.15) is 0 Å². The van der Waals surface area contributed by atoms with Crippen molar-refractivity contribution >= 4 is 29.2 Å². The lowest BCUT2D eigenvalue weighted by molar-refractivity contribution is -0.138. The van der Waals surface area contributed by atoms with Crippen molar-refractivity contribution in [3.8, 4) is 5.75 Å². The van der Waals surface area contributed by atoms with Crippen LogP contribution in [0.15, 0.2) is 54.6 Å². The second-order valence-corrected chi connectivity index (χ2v) is 9.35. The zero-order valence-electron chi connectivity index (χ0n) is 19.5. The highest BCUT2D eigenvalue weighted by Crippen LogP contribution is 2.50. The molecule has 0 spiro atoms. The third-order valence-electron chi connectivity index (χ3n) is 6.33. The van der Waals surface area contributed by atoms with Crippen molar-refractivity contribution in [1.29, 1.82) is 0 Å². The second kappa shape index (κ2) is 9.90. The van der Waals surface area contributed by atoms with Crippen molar-refractivity contribution in [2.24, 2.45) is 5.92 Å². The molecule has 0 aliphatic heterocycles. The molecule has 34 heavy (non-hydrogen) atoms. The number of carboxylic acids is 1. The van der Waals surface area contributed by atoms with Gasteiger partial charge in [0, 0.05) is 22.7 Å². The van der Waals surface area contributed by atoms with Gasteiger partial charge in [0.1, 0.15) is 5.75 Å². The van der Waals surface area contributed by atoms with Crippen LogP contribution < -0.4 is 10.1 Å². The van der Waals surface area contributed by atoms with Crippen LogP contribution in [0, 0.1) is 26.7 Å². The van der Waals surface area contributed by atoms with Crippen LogP contribution in [0.25, 0.3) is 0 Å². The maximum absolute atomic E-state index is 13.2. The number of amides is 1. The number of carbonyl (C=O) groups is 2. The van der Waals surface area contributed by atoms with Crippen LogP contribution in [-0.2, 0) is 11.2 Å². The summed E-state index contributed by atoms with van der Waals surface area (Å²) in [6, 6.07) is 17.5. The number of ether oxygens (including phenoxy) is 1. The van der Waals surface area contributed by atoms with Gasteiger partial charge in [-0.1, -0.05) is 41.9 Å². The number of rotatable bonds is 8. The molecule has 0 radical (unpaired) electrons. The summed E-state index contributed by atoms with van der Waals surface area (Å²) in [6.07, 6.45) is 1.37. The van der Waals surface area contributed by atoms with Crippen LogP contribution >= 0.6 is 11.6 Å². The van der Waals surface area contributed by atoms with Gasteiger partial charge in [0.2, 0.25) is 0 Å². The number of hydrogen-bond acceptors (Lipinski definition) is 3. The Hall–Kier alpha value is -3.31. The molecule has 0 saturated heterocycles. The molecule has 1 aliphatic rings. The fourth-order valence-electron chi connectivity index (χ4n) is 4.40. The monoisotopic (exact) mass is 477 g/mol. The minimum Gasteiger partial charge on any atom is -0.493 e. The summed E-state index contributed by atoms with van der Waals surface area (Å²) in [4.78, 5) is 24.5. The smallest absolute Gasteiger partial charge is 0.307 e. The summed E-state index contributed by atoms with van der Waals surface area (Å²) in [6.45, 7) is 6.22.